The first kappa shape index (κ1) is 12.9. The third-order valence-corrected chi connectivity index (χ3v) is 2.97. The van der Waals surface area contributed by atoms with Gasteiger partial charge in [-0.3, -0.25) is 10.1 Å². The van der Waals surface area contributed by atoms with Crippen molar-refractivity contribution < 1.29 is 9.35 Å². The molecular formula is C11H17NO3Si. The van der Waals surface area contributed by atoms with Gasteiger partial charge in [0.15, 0.2) is 8.32 Å². The molecule has 0 bridgehead atoms. The van der Waals surface area contributed by atoms with E-state index in [1.54, 1.807) is 0 Å². The van der Waals surface area contributed by atoms with Gasteiger partial charge in [0.05, 0.1) is 0 Å². The number of hydrogen-bond donors (Lipinski definition) is 0. The monoisotopic (exact) mass is 239 g/mol. The van der Waals surface area contributed by atoms with Crippen LogP contribution in [-0.4, -0.2) is 19.8 Å². The minimum absolute atomic E-state index is 0.172. The first-order chi connectivity index (χ1) is 7.38. The smallest absolute Gasteiger partial charge is 0.232 e. The molecular weight excluding hydrogens is 222 g/mol. The summed E-state index contributed by atoms with van der Waals surface area (Å²) in [6.45, 7) is 5.92. The molecule has 0 saturated carbocycles. The average Bonchev–Trinajstić information content (AvgIpc) is 2.15. The molecule has 1 aromatic carbocycles. The summed E-state index contributed by atoms with van der Waals surface area (Å²) in [6, 6.07) is 9.37. The minimum Gasteiger partial charge on any atom is -0.404 e. The number of rotatable bonds is 5. The van der Waals surface area contributed by atoms with Crippen molar-refractivity contribution >= 4 is 8.32 Å². The summed E-state index contributed by atoms with van der Waals surface area (Å²) in [5.74, 6) is 0. The summed E-state index contributed by atoms with van der Waals surface area (Å²) < 4.78 is 5.83. The molecule has 0 amide bonds. The van der Waals surface area contributed by atoms with Gasteiger partial charge in [0.25, 0.3) is 0 Å². The maximum Gasteiger partial charge on any atom is 0.232 e. The molecule has 0 aliphatic heterocycles. The van der Waals surface area contributed by atoms with Gasteiger partial charge in [0.2, 0.25) is 6.54 Å². The lowest BCUT2D eigenvalue weighted by Crippen LogP contribution is -2.31. The Morgan fingerprint density at radius 2 is 1.88 bits per heavy atom. The SMILES string of the molecule is C[Si](C)(C)OC(C[N+](=O)[O-])c1ccccc1. The van der Waals surface area contributed by atoms with E-state index in [1.165, 1.54) is 0 Å². The average molecular weight is 239 g/mol. The Balaban J connectivity index is 2.84. The lowest BCUT2D eigenvalue weighted by Gasteiger charge is -2.24. The second kappa shape index (κ2) is 5.22. The zero-order valence-electron chi connectivity index (χ0n) is 9.84. The van der Waals surface area contributed by atoms with Crippen molar-refractivity contribution in [3.05, 3.63) is 46.0 Å². The van der Waals surface area contributed by atoms with Crippen LogP contribution in [0.2, 0.25) is 19.6 Å². The summed E-state index contributed by atoms with van der Waals surface area (Å²) in [5.41, 5.74) is 0.877. The Hall–Kier alpha value is -1.20. The summed E-state index contributed by atoms with van der Waals surface area (Å²) in [7, 11) is -1.77. The van der Waals surface area contributed by atoms with Crippen molar-refractivity contribution in [3.63, 3.8) is 0 Å². The molecule has 0 heterocycles. The molecule has 0 aliphatic rings. The Labute approximate surface area is 96.5 Å². The molecule has 1 atom stereocenters. The molecule has 5 heteroatoms. The standard InChI is InChI=1S/C11H17NO3Si/c1-16(2,3)15-11(9-12(13)14)10-7-5-4-6-8-10/h4-8,11H,9H2,1-3H3. The van der Waals surface area contributed by atoms with E-state index in [1.807, 2.05) is 50.0 Å². The summed E-state index contributed by atoms with van der Waals surface area (Å²) in [6.07, 6.45) is -0.428. The van der Waals surface area contributed by atoms with Gasteiger partial charge in [-0.15, -0.1) is 0 Å². The van der Waals surface area contributed by atoms with Crippen LogP contribution in [0.3, 0.4) is 0 Å². The Bertz CT molecular complexity index is 348. The third-order valence-electron chi connectivity index (χ3n) is 1.98. The van der Waals surface area contributed by atoms with Crippen LogP contribution in [0, 0.1) is 10.1 Å². The maximum absolute atomic E-state index is 10.6. The van der Waals surface area contributed by atoms with E-state index in [2.05, 4.69) is 0 Å². The molecule has 4 nitrogen and oxygen atoms in total. The van der Waals surface area contributed by atoms with Gasteiger partial charge in [0.1, 0.15) is 6.10 Å². The normalized spacial score (nSPS) is 13.4. The van der Waals surface area contributed by atoms with Gasteiger partial charge in [-0.2, -0.15) is 0 Å². The van der Waals surface area contributed by atoms with Crippen molar-refractivity contribution in [1.29, 1.82) is 0 Å². The van der Waals surface area contributed by atoms with E-state index in [-0.39, 0.29) is 11.5 Å². The zero-order chi connectivity index (χ0) is 12.2. The van der Waals surface area contributed by atoms with Crippen LogP contribution in [0.5, 0.6) is 0 Å². The molecule has 0 aromatic heterocycles. The second-order valence-corrected chi connectivity index (χ2v) is 9.11. The van der Waals surface area contributed by atoms with Gasteiger partial charge in [0, 0.05) is 4.92 Å². The highest BCUT2D eigenvalue weighted by Gasteiger charge is 2.25. The minimum atomic E-state index is -1.77. The summed E-state index contributed by atoms with van der Waals surface area (Å²) in [5, 5.41) is 10.6. The van der Waals surface area contributed by atoms with Crippen molar-refractivity contribution in [2.24, 2.45) is 0 Å². The first-order valence-corrected chi connectivity index (χ1v) is 8.64. The molecule has 0 fully saturated rings. The third kappa shape index (κ3) is 4.54. The molecule has 16 heavy (non-hydrogen) atoms. The molecule has 0 saturated heterocycles. The lowest BCUT2D eigenvalue weighted by molar-refractivity contribution is -0.490. The molecule has 0 aliphatic carbocycles. The molecule has 88 valence electrons. The molecule has 0 radical (unpaired) electrons. The molecule has 0 spiro atoms. The van der Waals surface area contributed by atoms with Gasteiger partial charge in [-0.1, -0.05) is 30.3 Å². The van der Waals surface area contributed by atoms with Crippen molar-refractivity contribution in [2.45, 2.75) is 25.7 Å². The van der Waals surface area contributed by atoms with E-state index < -0.39 is 14.4 Å². The number of nitro groups is 1. The van der Waals surface area contributed by atoms with Crippen molar-refractivity contribution in [1.82, 2.24) is 0 Å². The second-order valence-electron chi connectivity index (χ2n) is 4.64. The Morgan fingerprint density at radius 1 is 1.31 bits per heavy atom. The van der Waals surface area contributed by atoms with Crippen LogP contribution >= 0.6 is 0 Å². The molecule has 1 unspecified atom stereocenters. The Kier molecular flexibility index (Phi) is 4.20. The molecule has 1 rings (SSSR count). The summed E-state index contributed by atoms with van der Waals surface area (Å²) >= 11 is 0. The molecule has 0 N–H and O–H groups in total. The highest BCUT2D eigenvalue weighted by atomic mass is 28.4. The van der Waals surface area contributed by atoms with Gasteiger partial charge in [-0.05, 0) is 25.2 Å². The number of benzene rings is 1. The number of nitrogens with zero attached hydrogens (tertiary/aromatic N) is 1. The Morgan fingerprint density at radius 3 is 2.31 bits per heavy atom. The highest BCUT2D eigenvalue weighted by molar-refractivity contribution is 6.69. The summed E-state index contributed by atoms with van der Waals surface area (Å²) in [4.78, 5) is 10.3. The van der Waals surface area contributed by atoms with E-state index in [4.69, 9.17) is 4.43 Å². The van der Waals surface area contributed by atoms with E-state index in [0.29, 0.717) is 0 Å². The van der Waals surface area contributed by atoms with Crippen LogP contribution in [0.4, 0.5) is 0 Å². The van der Waals surface area contributed by atoms with Gasteiger partial charge in [-0.25, -0.2) is 0 Å². The maximum atomic E-state index is 10.6. The van der Waals surface area contributed by atoms with Gasteiger partial charge >= 0.3 is 0 Å². The van der Waals surface area contributed by atoms with E-state index in [9.17, 15) is 10.1 Å². The topological polar surface area (TPSA) is 52.4 Å². The van der Waals surface area contributed by atoms with Crippen LogP contribution < -0.4 is 0 Å². The highest BCUT2D eigenvalue weighted by Crippen LogP contribution is 2.22. The lowest BCUT2D eigenvalue weighted by atomic mass is 10.1. The fourth-order valence-electron chi connectivity index (χ4n) is 1.44. The largest absolute Gasteiger partial charge is 0.404 e. The van der Waals surface area contributed by atoms with Crippen LogP contribution in [0.25, 0.3) is 0 Å². The van der Waals surface area contributed by atoms with Crippen molar-refractivity contribution in [3.8, 4) is 0 Å². The number of hydrogen-bond acceptors (Lipinski definition) is 3. The quantitative estimate of drug-likeness (QED) is 0.451. The predicted octanol–water partition coefficient (Wildman–Crippen LogP) is 2.86. The van der Waals surface area contributed by atoms with Crippen LogP contribution in [-0.2, 0) is 4.43 Å². The fraction of sp³-hybridized carbons (Fsp3) is 0.455. The van der Waals surface area contributed by atoms with E-state index in [0.717, 1.165) is 5.56 Å². The zero-order valence-corrected chi connectivity index (χ0v) is 10.8. The van der Waals surface area contributed by atoms with Gasteiger partial charge < -0.3 is 4.43 Å². The first-order valence-electron chi connectivity index (χ1n) is 5.23. The van der Waals surface area contributed by atoms with E-state index >= 15 is 0 Å². The van der Waals surface area contributed by atoms with Crippen molar-refractivity contribution in [2.75, 3.05) is 6.54 Å². The fourth-order valence-corrected chi connectivity index (χ4v) is 2.50. The van der Waals surface area contributed by atoms with Crippen LogP contribution in [0.15, 0.2) is 30.3 Å². The predicted molar refractivity (Wildman–Crippen MR) is 65.5 cm³/mol. The van der Waals surface area contributed by atoms with Crippen LogP contribution in [0.1, 0.15) is 11.7 Å². The molecule has 1 aromatic rings.